The number of hydrogen-bond acceptors (Lipinski definition) is 4. The number of nitrogens with zero attached hydrogens (tertiary/aromatic N) is 3. The van der Waals surface area contributed by atoms with Gasteiger partial charge in [-0.1, -0.05) is 28.1 Å². The quantitative estimate of drug-likeness (QED) is 0.273. The van der Waals surface area contributed by atoms with E-state index in [1.54, 1.807) is 7.11 Å². The minimum absolute atomic E-state index is 0. The zero-order valence-electron chi connectivity index (χ0n) is 17.3. The molecule has 0 aromatic heterocycles. The van der Waals surface area contributed by atoms with E-state index in [0.717, 1.165) is 69.1 Å². The third-order valence-electron chi connectivity index (χ3n) is 4.93. The molecule has 2 N–H and O–H groups in total. The van der Waals surface area contributed by atoms with Crippen molar-refractivity contribution in [2.75, 3.05) is 60.5 Å². The molecule has 28 heavy (non-hydrogen) atoms. The van der Waals surface area contributed by atoms with Crippen LogP contribution in [-0.2, 0) is 11.3 Å². The van der Waals surface area contributed by atoms with Gasteiger partial charge in [-0.25, -0.2) is 0 Å². The van der Waals surface area contributed by atoms with Crippen LogP contribution in [0.5, 0.6) is 0 Å². The fourth-order valence-corrected chi connectivity index (χ4v) is 3.46. The SMILES string of the molecule is CN=C(NCCN(C)CCOC)NC1CCN(Cc2ccc(Br)cc2)CC1.I. The van der Waals surface area contributed by atoms with Gasteiger partial charge in [-0.3, -0.25) is 9.89 Å². The van der Waals surface area contributed by atoms with Crippen LogP contribution in [0.25, 0.3) is 0 Å². The van der Waals surface area contributed by atoms with Crippen LogP contribution in [0.3, 0.4) is 0 Å². The number of ether oxygens (including phenoxy) is 1. The number of nitrogens with one attached hydrogen (secondary N) is 2. The molecule has 2 rings (SSSR count). The van der Waals surface area contributed by atoms with Crippen molar-refractivity contribution in [1.29, 1.82) is 0 Å². The summed E-state index contributed by atoms with van der Waals surface area (Å²) in [7, 11) is 5.69. The molecule has 0 unspecified atom stereocenters. The number of methoxy groups -OCH3 is 1. The average Bonchev–Trinajstić information content (AvgIpc) is 2.68. The lowest BCUT2D eigenvalue weighted by Crippen LogP contribution is -2.49. The highest BCUT2D eigenvalue weighted by molar-refractivity contribution is 14.0. The second-order valence-corrected chi connectivity index (χ2v) is 8.03. The maximum Gasteiger partial charge on any atom is 0.191 e. The molecule has 0 radical (unpaired) electrons. The summed E-state index contributed by atoms with van der Waals surface area (Å²) in [5.74, 6) is 0.904. The molecule has 1 aromatic carbocycles. The summed E-state index contributed by atoms with van der Waals surface area (Å²) in [5.41, 5.74) is 1.37. The van der Waals surface area contributed by atoms with Crippen LogP contribution in [-0.4, -0.2) is 82.3 Å². The number of benzene rings is 1. The van der Waals surface area contributed by atoms with Crippen molar-refractivity contribution < 1.29 is 4.74 Å². The molecular weight excluding hydrogens is 533 g/mol. The summed E-state index contributed by atoms with van der Waals surface area (Å²) in [4.78, 5) is 9.15. The zero-order valence-corrected chi connectivity index (χ0v) is 21.2. The first-order valence-corrected chi connectivity index (χ1v) is 10.5. The first kappa shape index (κ1) is 25.6. The van der Waals surface area contributed by atoms with Crippen molar-refractivity contribution >= 4 is 45.9 Å². The number of aliphatic imine (C=N–C) groups is 1. The Morgan fingerprint density at radius 1 is 1.25 bits per heavy atom. The van der Waals surface area contributed by atoms with Gasteiger partial charge in [0.05, 0.1) is 6.61 Å². The molecule has 8 heteroatoms. The van der Waals surface area contributed by atoms with E-state index in [0.29, 0.717) is 6.04 Å². The van der Waals surface area contributed by atoms with Crippen LogP contribution < -0.4 is 10.6 Å². The molecule has 6 nitrogen and oxygen atoms in total. The fraction of sp³-hybridized carbons (Fsp3) is 0.650. The van der Waals surface area contributed by atoms with Gasteiger partial charge in [0.15, 0.2) is 5.96 Å². The Labute approximate surface area is 195 Å². The molecule has 1 aromatic rings. The van der Waals surface area contributed by atoms with Crippen LogP contribution in [0.4, 0.5) is 0 Å². The van der Waals surface area contributed by atoms with Crippen LogP contribution in [0.1, 0.15) is 18.4 Å². The van der Waals surface area contributed by atoms with Crippen LogP contribution in [0.15, 0.2) is 33.7 Å². The molecular formula is C20H35BrIN5O. The zero-order chi connectivity index (χ0) is 19.5. The number of rotatable bonds is 9. The van der Waals surface area contributed by atoms with E-state index in [1.165, 1.54) is 5.56 Å². The summed E-state index contributed by atoms with van der Waals surface area (Å²) < 4.78 is 6.25. The normalized spacial score (nSPS) is 16.1. The summed E-state index contributed by atoms with van der Waals surface area (Å²) in [6, 6.07) is 9.12. The lowest BCUT2D eigenvalue weighted by atomic mass is 10.0. The van der Waals surface area contributed by atoms with Crippen molar-refractivity contribution in [3.63, 3.8) is 0 Å². The highest BCUT2D eigenvalue weighted by Gasteiger charge is 2.20. The van der Waals surface area contributed by atoms with E-state index in [1.807, 2.05) is 7.05 Å². The second kappa shape index (κ2) is 14.5. The molecule has 0 amide bonds. The lowest BCUT2D eigenvalue weighted by molar-refractivity contribution is 0.162. The van der Waals surface area contributed by atoms with E-state index < -0.39 is 0 Å². The molecule has 1 heterocycles. The van der Waals surface area contributed by atoms with Gasteiger partial charge in [-0.05, 0) is 37.6 Å². The molecule has 160 valence electrons. The first-order valence-electron chi connectivity index (χ1n) is 9.72. The van der Waals surface area contributed by atoms with Crippen molar-refractivity contribution in [2.45, 2.75) is 25.4 Å². The van der Waals surface area contributed by atoms with Gasteiger partial charge in [0.1, 0.15) is 0 Å². The molecule has 1 fully saturated rings. The van der Waals surface area contributed by atoms with Crippen LogP contribution >= 0.6 is 39.9 Å². The van der Waals surface area contributed by atoms with Gasteiger partial charge < -0.3 is 20.3 Å². The molecule has 1 saturated heterocycles. The Morgan fingerprint density at radius 2 is 1.93 bits per heavy atom. The Morgan fingerprint density at radius 3 is 2.54 bits per heavy atom. The third-order valence-corrected chi connectivity index (χ3v) is 5.46. The molecule has 1 aliphatic heterocycles. The monoisotopic (exact) mass is 567 g/mol. The number of piperidine rings is 1. The molecule has 1 aliphatic rings. The Kier molecular flexibility index (Phi) is 13.3. The molecule has 0 spiro atoms. The summed E-state index contributed by atoms with van der Waals surface area (Å²) in [5, 5.41) is 7.00. The smallest absolute Gasteiger partial charge is 0.191 e. The molecule has 0 atom stereocenters. The first-order chi connectivity index (χ1) is 13.1. The number of likely N-dealkylation sites (tertiary alicyclic amines) is 1. The molecule has 0 bridgehead atoms. The maximum absolute atomic E-state index is 5.11. The van der Waals surface area contributed by atoms with E-state index in [4.69, 9.17) is 4.74 Å². The minimum Gasteiger partial charge on any atom is -0.383 e. The summed E-state index contributed by atoms with van der Waals surface area (Å²) in [6.45, 7) is 6.82. The number of likely N-dealkylation sites (N-methyl/N-ethyl adjacent to an activating group) is 1. The second-order valence-electron chi connectivity index (χ2n) is 7.12. The number of halogens is 2. The largest absolute Gasteiger partial charge is 0.383 e. The van der Waals surface area contributed by atoms with Crippen LogP contribution in [0.2, 0.25) is 0 Å². The molecule has 0 saturated carbocycles. The Balaban J connectivity index is 0.00000392. The average molecular weight is 568 g/mol. The van der Waals surface area contributed by atoms with Crippen molar-refractivity contribution in [3.8, 4) is 0 Å². The van der Waals surface area contributed by atoms with E-state index in [2.05, 4.69) is 72.7 Å². The Bertz CT molecular complexity index is 564. The van der Waals surface area contributed by atoms with Crippen molar-refractivity contribution in [2.24, 2.45) is 4.99 Å². The van der Waals surface area contributed by atoms with E-state index in [9.17, 15) is 0 Å². The van der Waals surface area contributed by atoms with Gasteiger partial charge in [-0.2, -0.15) is 0 Å². The predicted octanol–water partition coefficient (Wildman–Crippen LogP) is 2.77. The third kappa shape index (κ3) is 9.87. The number of hydrogen-bond donors (Lipinski definition) is 2. The minimum atomic E-state index is 0. The van der Waals surface area contributed by atoms with Crippen molar-refractivity contribution in [3.05, 3.63) is 34.3 Å². The van der Waals surface area contributed by atoms with Crippen LogP contribution in [0, 0.1) is 0 Å². The van der Waals surface area contributed by atoms with Gasteiger partial charge in [0.2, 0.25) is 0 Å². The van der Waals surface area contributed by atoms with Gasteiger partial charge >= 0.3 is 0 Å². The summed E-state index contributed by atoms with van der Waals surface area (Å²) in [6.07, 6.45) is 2.29. The van der Waals surface area contributed by atoms with Crippen molar-refractivity contribution in [1.82, 2.24) is 20.4 Å². The summed E-state index contributed by atoms with van der Waals surface area (Å²) >= 11 is 3.50. The fourth-order valence-electron chi connectivity index (χ4n) is 3.20. The topological polar surface area (TPSA) is 52.1 Å². The Hall–Kier alpha value is -0.420. The highest BCUT2D eigenvalue weighted by atomic mass is 127. The number of guanidine groups is 1. The van der Waals surface area contributed by atoms with E-state index >= 15 is 0 Å². The van der Waals surface area contributed by atoms with Gasteiger partial charge in [0, 0.05) is 63.9 Å². The maximum atomic E-state index is 5.11. The lowest BCUT2D eigenvalue weighted by Gasteiger charge is -2.33. The molecule has 0 aliphatic carbocycles. The van der Waals surface area contributed by atoms with E-state index in [-0.39, 0.29) is 24.0 Å². The predicted molar refractivity (Wildman–Crippen MR) is 132 cm³/mol. The standard InChI is InChI=1S/C20H34BrN5O.HI/c1-22-20(23-10-13-25(2)14-15-27-3)24-19-8-11-26(12-9-19)16-17-4-6-18(21)7-5-17;/h4-7,19H,8-16H2,1-3H3,(H2,22,23,24);1H. The van der Waals surface area contributed by atoms with Gasteiger partial charge in [-0.15, -0.1) is 24.0 Å². The highest BCUT2D eigenvalue weighted by Crippen LogP contribution is 2.16. The van der Waals surface area contributed by atoms with Gasteiger partial charge in [0.25, 0.3) is 0 Å².